The number of fused-ring (bicyclic) bond motifs is 1. The van der Waals surface area contributed by atoms with Gasteiger partial charge in [-0.2, -0.15) is 0 Å². The number of anilines is 4. The first-order chi connectivity index (χ1) is 19.7. The third kappa shape index (κ3) is 5.77. The Hall–Kier alpha value is -4.36. The van der Waals surface area contributed by atoms with E-state index in [2.05, 4.69) is 30.3 Å². The van der Waals surface area contributed by atoms with Crippen molar-refractivity contribution in [1.82, 2.24) is 29.6 Å². The zero-order chi connectivity index (χ0) is 29.3. The maximum atomic E-state index is 13.3. The summed E-state index contributed by atoms with van der Waals surface area (Å²) in [7, 11) is 9.54. The second-order valence-corrected chi connectivity index (χ2v) is 10.8. The van der Waals surface area contributed by atoms with Crippen molar-refractivity contribution in [3.8, 4) is 27.6 Å². The molecule has 0 aliphatic rings. The van der Waals surface area contributed by atoms with Crippen LogP contribution in [0.3, 0.4) is 0 Å². The lowest BCUT2D eigenvalue weighted by atomic mass is 10.1. The lowest BCUT2D eigenvalue weighted by Gasteiger charge is -2.24. The number of halogens is 2. The molecule has 0 amide bonds. The van der Waals surface area contributed by atoms with Crippen LogP contribution in [0.25, 0.3) is 32.7 Å². The summed E-state index contributed by atoms with van der Waals surface area (Å²) in [6, 6.07) is 11.6. The molecule has 10 nitrogen and oxygen atoms in total. The molecule has 13 heteroatoms. The molecule has 3 N–H and O–H groups in total. The zero-order valence-corrected chi connectivity index (χ0v) is 24.2. The number of hydrogen-bond acceptors (Lipinski definition) is 10. The van der Waals surface area contributed by atoms with Gasteiger partial charge in [-0.3, -0.25) is 0 Å². The van der Waals surface area contributed by atoms with Crippen LogP contribution in [-0.4, -0.2) is 71.0 Å². The summed E-state index contributed by atoms with van der Waals surface area (Å²) in [5.74, 6) is 0.845. The van der Waals surface area contributed by atoms with Gasteiger partial charge in [-0.05, 0) is 26.2 Å². The van der Waals surface area contributed by atoms with Gasteiger partial charge in [-0.25, -0.2) is 18.7 Å². The summed E-state index contributed by atoms with van der Waals surface area (Å²) in [4.78, 5) is 13.5. The van der Waals surface area contributed by atoms with Crippen molar-refractivity contribution >= 4 is 45.3 Å². The van der Waals surface area contributed by atoms with Crippen molar-refractivity contribution in [2.75, 3.05) is 57.3 Å². The van der Waals surface area contributed by atoms with Crippen molar-refractivity contribution < 1.29 is 13.5 Å². The predicted molar refractivity (Wildman–Crippen MR) is 160 cm³/mol. The van der Waals surface area contributed by atoms with Gasteiger partial charge in [-0.1, -0.05) is 29.5 Å². The van der Waals surface area contributed by atoms with E-state index in [1.807, 2.05) is 69.3 Å². The summed E-state index contributed by atoms with van der Waals surface area (Å²) >= 11 is 0.819. The normalized spacial score (nSPS) is 11.5. The number of alkyl halides is 2. The average molecular weight is 580 g/mol. The first-order valence-electron chi connectivity index (χ1n) is 12.8. The number of para-hydroxylation sites is 1. The van der Waals surface area contributed by atoms with Crippen molar-refractivity contribution in [3.63, 3.8) is 0 Å². The first-order valence-corrected chi connectivity index (χ1v) is 13.6. The van der Waals surface area contributed by atoms with Crippen LogP contribution >= 0.6 is 11.3 Å². The fraction of sp³-hybridized carbons (Fsp3) is 0.286. The molecule has 0 bridgehead atoms. The van der Waals surface area contributed by atoms with Crippen molar-refractivity contribution in [1.29, 1.82) is 0 Å². The minimum absolute atomic E-state index is 0.279. The molecule has 0 unspecified atom stereocenters. The number of aromatic nitrogens is 5. The van der Waals surface area contributed by atoms with Crippen LogP contribution in [-0.2, 0) is 7.05 Å². The van der Waals surface area contributed by atoms with Crippen LogP contribution < -0.4 is 20.7 Å². The van der Waals surface area contributed by atoms with Gasteiger partial charge in [0.25, 0.3) is 6.43 Å². The zero-order valence-electron chi connectivity index (χ0n) is 23.4. The third-order valence-corrected chi connectivity index (χ3v) is 7.65. The second kappa shape index (κ2) is 11.6. The Morgan fingerprint density at radius 1 is 1.10 bits per heavy atom. The Morgan fingerprint density at radius 2 is 1.88 bits per heavy atom. The maximum absolute atomic E-state index is 13.3. The molecule has 3 heterocycles. The molecule has 2 aromatic carbocycles. The van der Waals surface area contributed by atoms with Crippen molar-refractivity contribution in [2.45, 2.75) is 6.43 Å². The van der Waals surface area contributed by atoms with E-state index >= 15 is 0 Å². The van der Waals surface area contributed by atoms with E-state index in [-0.39, 0.29) is 11.0 Å². The number of rotatable bonds is 10. The van der Waals surface area contributed by atoms with Gasteiger partial charge in [0, 0.05) is 62.1 Å². The highest BCUT2D eigenvalue weighted by molar-refractivity contribution is 7.14. The molecule has 0 atom stereocenters. The molecule has 41 heavy (non-hydrogen) atoms. The topological polar surface area (TPSA) is 110 Å². The number of hydrogen-bond donors (Lipinski definition) is 2. The molecule has 214 valence electrons. The lowest BCUT2D eigenvalue weighted by molar-refractivity contribution is 0.150. The third-order valence-electron chi connectivity index (χ3n) is 6.69. The van der Waals surface area contributed by atoms with E-state index in [4.69, 9.17) is 15.5 Å². The first kappa shape index (κ1) is 28.2. The molecule has 5 aromatic rings. The molecular formula is C28H31F2N9OS. The highest BCUT2D eigenvalue weighted by Gasteiger charge is 2.22. The van der Waals surface area contributed by atoms with Gasteiger partial charge < -0.3 is 30.2 Å². The van der Waals surface area contributed by atoms with Gasteiger partial charge >= 0.3 is 0 Å². The standard InChI is InChI=1S/C28H31F2N9OS/c1-37(2)10-11-38(3)22-13-23(40-5)20(12-19(22)31)33-28-32-14-17(26-35-36-27(41-26)25(29)30)24(34-28)18-15-39(4)21-9-7-6-8-16(18)21/h6-9,12-15,25H,10-11,31H2,1-5H3,(H,32,33,34). The molecule has 0 spiro atoms. The molecule has 0 radical (unpaired) electrons. The van der Waals surface area contributed by atoms with E-state index in [0.29, 0.717) is 33.4 Å². The molecular weight excluding hydrogens is 548 g/mol. The Morgan fingerprint density at radius 3 is 2.59 bits per heavy atom. The smallest absolute Gasteiger partial charge is 0.291 e. The fourth-order valence-corrected chi connectivity index (χ4v) is 5.25. The number of likely N-dealkylation sites (N-methyl/N-ethyl adjacent to an activating group) is 2. The van der Waals surface area contributed by atoms with Crippen LogP contribution in [0.4, 0.5) is 31.8 Å². The van der Waals surface area contributed by atoms with Crippen molar-refractivity contribution in [2.24, 2.45) is 7.05 Å². The number of nitrogens with two attached hydrogens (primary N) is 1. The number of ether oxygens (including phenoxy) is 1. The van der Waals surface area contributed by atoms with Crippen LogP contribution in [0.15, 0.2) is 48.8 Å². The molecule has 5 rings (SSSR count). The van der Waals surface area contributed by atoms with E-state index in [1.54, 1.807) is 19.4 Å². The van der Waals surface area contributed by atoms with Gasteiger partial charge in [0.15, 0.2) is 10.0 Å². The summed E-state index contributed by atoms with van der Waals surface area (Å²) in [5.41, 5.74) is 11.3. The average Bonchev–Trinajstić information content (AvgIpc) is 3.57. The van der Waals surface area contributed by atoms with Gasteiger partial charge in [-0.15, -0.1) is 10.2 Å². The van der Waals surface area contributed by atoms with E-state index in [1.165, 1.54) is 0 Å². The van der Waals surface area contributed by atoms with Gasteiger partial charge in [0.1, 0.15) is 5.75 Å². The molecule has 0 fully saturated rings. The van der Waals surface area contributed by atoms with Crippen LogP contribution in [0.1, 0.15) is 11.4 Å². The van der Waals surface area contributed by atoms with Crippen LogP contribution in [0, 0.1) is 0 Å². The van der Waals surface area contributed by atoms with Gasteiger partial charge in [0.2, 0.25) is 5.95 Å². The Kier molecular flexibility index (Phi) is 7.99. The Balaban J connectivity index is 1.57. The number of nitrogens with zero attached hydrogens (tertiary/aromatic N) is 7. The Labute approximate surface area is 240 Å². The molecule has 0 aliphatic carbocycles. The fourth-order valence-electron chi connectivity index (χ4n) is 4.54. The molecule has 0 aliphatic heterocycles. The molecule has 3 aromatic heterocycles. The summed E-state index contributed by atoms with van der Waals surface area (Å²) in [6.45, 7) is 1.65. The summed E-state index contributed by atoms with van der Waals surface area (Å²) in [5, 5.41) is 11.8. The lowest BCUT2D eigenvalue weighted by Crippen LogP contribution is -2.29. The maximum Gasteiger partial charge on any atom is 0.291 e. The van der Waals surface area contributed by atoms with E-state index in [9.17, 15) is 8.78 Å². The molecule has 0 saturated heterocycles. The second-order valence-electron chi connectivity index (χ2n) is 9.83. The highest BCUT2D eigenvalue weighted by atomic mass is 32.1. The number of aryl methyl sites for hydroxylation is 1. The van der Waals surface area contributed by atoms with Crippen LogP contribution in [0.5, 0.6) is 5.75 Å². The van der Waals surface area contributed by atoms with Gasteiger partial charge in [0.05, 0.1) is 35.4 Å². The minimum Gasteiger partial charge on any atom is -0.494 e. The number of benzene rings is 2. The quantitative estimate of drug-likeness (QED) is 0.210. The molecule has 0 saturated carbocycles. The summed E-state index contributed by atoms with van der Waals surface area (Å²) < 4.78 is 34.3. The number of methoxy groups -OCH3 is 1. The largest absolute Gasteiger partial charge is 0.494 e. The summed E-state index contributed by atoms with van der Waals surface area (Å²) in [6.07, 6.45) is 0.806. The predicted octanol–water partition coefficient (Wildman–Crippen LogP) is 5.42. The number of nitrogen functional groups attached to an aromatic ring is 1. The van der Waals surface area contributed by atoms with Crippen LogP contribution in [0.2, 0.25) is 0 Å². The Bertz CT molecular complexity index is 1680. The highest BCUT2D eigenvalue weighted by Crippen LogP contribution is 2.40. The SMILES string of the molecule is COc1cc(N(C)CCN(C)C)c(N)cc1Nc1ncc(-c2nnc(C(F)F)s2)c(-c2cn(C)c3ccccc23)n1. The van der Waals surface area contributed by atoms with Crippen molar-refractivity contribution in [3.05, 3.63) is 53.8 Å². The van der Waals surface area contributed by atoms with E-state index in [0.717, 1.165) is 46.6 Å². The number of nitrogens with one attached hydrogen (secondary N) is 1. The van der Waals surface area contributed by atoms with E-state index < -0.39 is 6.43 Å². The monoisotopic (exact) mass is 579 g/mol. The minimum atomic E-state index is -2.72.